The van der Waals surface area contributed by atoms with Gasteiger partial charge in [-0.2, -0.15) is 0 Å². The van der Waals surface area contributed by atoms with Crippen LogP contribution < -0.4 is 0 Å². The zero-order chi connectivity index (χ0) is 13.0. The number of hydrogen-bond acceptors (Lipinski definition) is 0. The number of benzene rings is 1. The monoisotopic (exact) mass is 298 g/mol. The Labute approximate surface area is 119 Å². The van der Waals surface area contributed by atoms with E-state index in [1.54, 1.807) is 5.56 Å². The summed E-state index contributed by atoms with van der Waals surface area (Å²) in [4.78, 5) is 0. The molecule has 0 heterocycles. The summed E-state index contributed by atoms with van der Waals surface area (Å²) in [6.45, 7) is 0. The highest BCUT2D eigenvalue weighted by Gasteiger charge is 2.21. The minimum absolute atomic E-state index is 0.812. The number of rotatable bonds is 4. The third-order valence-corrected chi connectivity index (χ3v) is 5.87. The fourth-order valence-corrected chi connectivity index (χ4v) is 4.27. The van der Waals surface area contributed by atoms with Crippen molar-refractivity contribution in [2.75, 3.05) is 6.16 Å². The maximum atomic E-state index is 2.91. The molecule has 1 aliphatic carbocycles. The predicted molar refractivity (Wildman–Crippen MR) is 92.5 cm³/mol. The molecule has 3 atom stereocenters. The molecular weight excluding hydrogens is 273 g/mol. The van der Waals surface area contributed by atoms with E-state index in [0.29, 0.717) is 0 Å². The van der Waals surface area contributed by atoms with Gasteiger partial charge in [0.15, 0.2) is 0 Å². The lowest BCUT2D eigenvalue weighted by atomic mass is 9.79. The van der Waals surface area contributed by atoms with E-state index in [9.17, 15) is 0 Å². The van der Waals surface area contributed by atoms with E-state index in [1.165, 1.54) is 43.0 Å². The van der Waals surface area contributed by atoms with Crippen molar-refractivity contribution in [2.45, 2.75) is 43.9 Å². The molecule has 0 aromatic heterocycles. The molecular formula is C15H25P3. The second-order valence-electron chi connectivity index (χ2n) is 5.39. The van der Waals surface area contributed by atoms with Crippen LogP contribution in [-0.2, 0) is 12.3 Å². The summed E-state index contributed by atoms with van der Waals surface area (Å²) < 4.78 is 0. The van der Waals surface area contributed by atoms with Crippen LogP contribution >= 0.6 is 27.7 Å². The molecule has 0 saturated heterocycles. The van der Waals surface area contributed by atoms with Crippen molar-refractivity contribution in [3.05, 3.63) is 34.9 Å². The summed E-state index contributed by atoms with van der Waals surface area (Å²) in [6.07, 6.45) is 9.04. The molecule has 0 radical (unpaired) electrons. The van der Waals surface area contributed by atoms with Gasteiger partial charge in [0.05, 0.1) is 0 Å². The summed E-state index contributed by atoms with van der Waals surface area (Å²) in [5.74, 6) is 1.77. The average molecular weight is 298 g/mol. The fourth-order valence-electron chi connectivity index (χ4n) is 3.02. The van der Waals surface area contributed by atoms with E-state index in [0.717, 1.165) is 24.2 Å². The van der Waals surface area contributed by atoms with Crippen molar-refractivity contribution in [2.24, 2.45) is 5.92 Å². The Hall–Kier alpha value is 0.510. The van der Waals surface area contributed by atoms with Gasteiger partial charge in [0.2, 0.25) is 0 Å². The van der Waals surface area contributed by atoms with Crippen LogP contribution in [0.1, 0.15) is 48.3 Å². The normalized spacial score (nSPS) is 24.2. The van der Waals surface area contributed by atoms with Gasteiger partial charge in [0.1, 0.15) is 0 Å². The van der Waals surface area contributed by atoms with Crippen LogP contribution in [0.5, 0.6) is 0 Å². The first-order chi connectivity index (χ1) is 8.78. The lowest BCUT2D eigenvalue weighted by Gasteiger charge is -2.28. The first-order valence-corrected chi connectivity index (χ1v) is 9.45. The molecule has 18 heavy (non-hydrogen) atoms. The van der Waals surface area contributed by atoms with Gasteiger partial charge in [-0.3, -0.25) is 0 Å². The van der Waals surface area contributed by atoms with Crippen LogP contribution in [0.25, 0.3) is 0 Å². The lowest BCUT2D eigenvalue weighted by molar-refractivity contribution is 0.352. The van der Waals surface area contributed by atoms with Crippen LogP contribution in [0.4, 0.5) is 0 Å². The summed E-state index contributed by atoms with van der Waals surface area (Å²) in [5.41, 5.74) is 4.58. The maximum Gasteiger partial charge on any atom is -0.0126 e. The second kappa shape index (κ2) is 7.33. The van der Waals surface area contributed by atoms with E-state index in [1.807, 2.05) is 0 Å². The van der Waals surface area contributed by atoms with E-state index >= 15 is 0 Å². The molecule has 2 rings (SSSR count). The topological polar surface area (TPSA) is 0 Å². The molecule has 1 fully saturated rings. The Bertz CT molecular complexity index is 381. The molecule has 100 valence electrons. The highest BCUT2D eigenvalue weighted by atomic mass is 31.0. The minimum atomic E-state index is 0.812. The largest absolute Gasteiger partial charge is 0.137 e. The highest BCUT2D eigenvalue weighted by Crippen LogP contribution is 2.37. The van der Waals surface area contributed by atoms with Gasteiger partial charge in [-0.05, 0) is 72.7 Å². The van der Waals surface area contributed by atoms with E-state index in [2.05, 4.69) is 45.9 Å². The van der Waals surface area contributed by atoms with E-state index in [4.69, 9.17) is 0 Å². The quantitative estimate of drug-likeness (QED) is 0.713. The van der Waals surface area contributed by atoms with E-state index < -0.39 is 0 Å². The van der Waals surface area contributed by atoms with Gasteiger partial charge in [-0.25, -0.2) is 0 Å². The Morgan fingerprint density at radius 1 is 0.889 bits per heavy atom. The van der Waals surface area contributed by atoms with Crippen LogP contribution in [0, 0.1) is 5.92 Å². The molecule has 0 N–H and O–H groups in total. The van der Waals surface area contributed by atoms with Gasteiger partial charge >= 0.3 is 0 Å². The van der Waals surface area contributed by atoms with Crippen molar-refractivity contribution in [3.8, 4) is 0 Å². The van der Waals surface area contributed by atoms with Gasteiger partial charge in [-0.1, -0.05) is 18.2 Å². The molecule has 1 aliphatic rings. The lowest BCUT2D eigenvalue weighted by Crippen LogP contribution is -2.14. The Kier molecular flexibility index (Phi) is 6.08. The van der Waals surface area contributed by atoms with Gasteiger partial charge in [-0.15, -0.1) is 27.7 Å². The zero-order valence-corrected chi connectivity index (χ0v) is 14.5. The molecule has 0 nitrogen and oxygen atoms in total. The summed E-state index contributed by atoms with van der Waals surface area (Å²) in [5, 5.41) is 0. The summed E-state index contributed by atoms with van der Waals surface area (Å²) in [6, 6.07) is 7.16. The fraction of sp³-hybridized carbons (Fsp3) is 0.600. The molecule has 0 aliphatic heterocycles. The zero-order valence-electron chi connectivity index (χ0n) is 11.1. The molecule has 3 heteroatoms. The first-order valence-electron chi connectivity index (χ1n) is 7.00. The van der Waals surface area contributed by atoms with Crippen LogP contribution in [-0.4, -0.2) is 6.16 Å². The highest BCUT2D eigenvalue weighted by molar-refractivity contribution is 7.16. The molecule has 3 unspecified atom stereocenters. The Morgan fingerprint density at radius 3 is 2.11 bits per heavy atom. The van der Waals surface area contributed by atoms with Crippen LogP contribution in [0.3, 0.4) is 0 Å². The molecule has 0 amide bonds. The van der Waals surface area contributed by atoms with Crippen molar-refractivity contribution in [3.63, 3.8) is 0 Å². The van der Waals surface area contributed by atoms with Crippen molar-refractivity contribution in [1.29, 1.82) is 0 Å². The third-order valence-electron chi connectivity index (χ3n) is 4.32. The van der Waals surface area contributed by atoms with Crippen molar-refractivity contribution in [1.82, 2.24) is 0 Å². The predicted octanol–water partition coefficient (Wildman–Crippen LogP) is 4.59. The minimum Gasteiger partial charge on any atom is -0.137 e. The van der Waals surface area contributed by atoms with Gasteiger partial charge in [0, 0.05) is 0 Å². The molecule has 0 bridgehead atoms. The van der Waals surface area contributed by atoms with Crippen LogP contribution in [0.2, 0.25) is 0 Å². The number of hydrogen-bond donors (Lipinski definition) is 0. The maximum absolute atomic E-state index is 2.91. The first kappa shape index (κ1) is 14.9. The van der Waals surface area contributed by atoms with E-state index in [-0.39, 0.29) is 0 Å². The van der Waals surface area contributed by atoms with Gasteiger partial charge < -0.3 is 0 Å². The second-order valence-corrected chi connectivity index (χ2v) is 6.68. The smallest absolute Gasteiger partial charge is 0.0126 e. The standard InChI is InChI=1S/C15H25P3/c16-8-11-1-3-12(4-2-11)13-5-6-14(9-17)15(7-13)10-18/h5-7,11-12H,1-4,8-10,16-18H2. The Morgan fingerprint density at radius 2 is 1.56 bits per heavy atom. The van der Waals surface area contributed by atoms with Gasteiger partial charge in [0.25, 0.3) is 0 Å². The molecule has 1 aromatic rings. The van der Waals surface area contributed by atoms with Crippen molar-refractivity contribution < 1.29 is 0 Å². The molecule has 1 saturated carbocycles. The summed E-state index contributed by atoms with van der Waals surface area (Å²) >= 11 is 0. The Balaban J connectivity index is 2.09. The average Bonchev–Trinajstić information content (AvgIpc) is 2.46. The van der Waals surface area contributed by atoms with Crippen LogP contribution in [0.15, 0.2) is 18.2 Å². The molecule has 0 spiro atoms. The summed E-state index contributed by atoms with van der Waals surface area (Å²) in [7, 11) is 8.62. The molecule has 1 aromatic carbocycles. The third kappa shape index (κ3) is 3.54. The SMILES string of the molecule is PCc1ccc(C2CCC(CP)CC2)cc1CP. The van der Waals surface area contributed by atoms with Crippen molar-refractivity contribution >= 4 is 27.7 Å².